The summed E-state index contributed by atoms with van der Waals surface area (Å²) in [4.78, 5) is 27.7. The highest BCUT2D eigenvalue weighted by Crippen LogP contribution is 2.47. The number of fused-ring (bicyclic) bond motifs is 3. The van der Waals surface area contributed by atoms with Gasteiger partial charge >= 0.3 is 6.01 Å². The summed E-state index contributed by atoms with van der Waals surface area (Å²) in [6, 6.07) is 6.24. The van der Waals surface area contributed by atoms with Crippen LogP contribution in [0, 0.1) is 28.4 Å². The monoisotopic (exact) mass is 709 g/mol. The maximum Gasteiger partial charge on any atom is 0.319 e. The van der Waals surface area contributed by atoms with E-state index in [4.69, 9.17) is 27.1 Å². The summed E-state index contributed by atoms with van der Waals surface area (Å²) in [7, 11) is 0. The number of anilines is 2. The molecule has 4 fully saturated rings. The van der Waals surface area contributed by atoms with Crippen LogP contribution in [0.2, 0.25) is 5.02 Å². The number of hydrogen-bond donors (Lipinski definition) is 1. The summed E-state index contributed by atoms with van der Waals surface area (Å²) < 4.78 is 53.0. The minimum atomic E-state index is -0.943. The van der Waals surface area contributed by atoms with Crippen molar-refractivity contribution in [3.8, 4) is 23.2 Å². The normalized spacial score (nSPS) is 23.6. The van der Waals surface area contributed by atoms with Crippen LogP contribution in [0.3, 0.4) is 0 Å². The fourth-order valence-corrected chi connectivity index (χ4v) is 9.90. The molecule has 256 valence electrons. The molecule has 0 unspecified atom stereocenters. The summed E-state index contributed by atoms with van der Waals surface area (Å²) in [6.45, 7) is 5.41. The first-order valence-corrected chi connectivity index (χ1v) is 17.8. The number of nitriles is 1. The maximum atomic E-state index is 17.1. The Morgan fingerprint density at radius 2 is 2.00 bits per heavy atom. The molecule has 1 amide bonds. The van der Waals surface area contributed by atoms with Crippen molar-refractivity contribution in [2.75, 3.05) is 56.5 Å². The Morgan fingerprint density at radius 1 is 1.18 bits per heavy atom. The molecule has 4 aliphatic rings. The van der Waals surface area contributed by atoms with E-state index in [9.17, 15) is 18.8 Å². The number of likely N-dealkylation sites (tertiary alicyclic amines) is 1. The summed E-state index contributed by atoms with van der Waals surface area (Å²) >= 11 is 7.82. The van der Waals surface area contributed by atoms with Gasteiger partial charge in [0.15, 0.2) is 5.82 Å². The number of rotatable bonds is 5. The van der Waals surface area contributed by atoms with Crippen LogP contribution in [0.1, 0.15) is 51.0 Å². The van der Waals surface area contributed by atoms with Crippen LogP contribution in [-0.2, 0) is 4.79 Å². The van der Waals surface area contributed by atoms with Crippen LogP contribution in [0.4, 0.5) is 24.0 Å². The molecule has 49 heavy (non-hydrogen) atoms. The number of carbonyl (C=O) groups is 1. The first-order valence-electron chi connectivity index (χ1n) is 16.6. The lowest BCUT2D eigenvalue weighted by atomic mass is 9.76. The van der Waals surface area contributed by atoms with Gasteiger partial charge in [-0.15, -0.1) is 11.3 Å². The van der Waals surface area contributed by atoms with Gasteiger partial charge in [0.25, 0.3) is 0 Å². The summed E-state index contributed by atoms with van der Waals surface area (Å²) in [5, 5.41) is 10.6. The van der Waals surface area contributed by atoms with Crippen molar-refractivity contribution in [2.24, 2.45) is 5.41 Å². The first-order chi connectivity index (χ1) is 23.5. The maximum absolute atomic E-state index is 17.1. The molecule has 8 rings (SSSR count). The van der Waals surface area contributed by atoms with Gasteiger partial charge in [0, 0.05) is 67.8 Å². The van der Waals surface area contributed by atoms with Crippen LogP contribution < -0.4 is 15.4 Å². The van der Waals surface area contributed by atoms with Crippen molar-refractivity contribution >= 4 is 60.7 Å². The molecule has 4 aromatic rings. The van der Waals surface area contributed by atoms with Gasteiger partial charge in [-0.2, -0.15) is 15.2 Å². The lowest BCUT2D eigenvalue weighted by Gasteiger charge is -2.51. The van der Waals surface area contributed by atoms with Gasteiger partial charge in [-0.3, -0.25) is 9.69 Å². The van der Waals surface area contributed by atoms with Crippen LogP contribution in [-0.4, -0.2) is 83.3 Å². The molecule has 14 heteroatoms. The molecule has 1 spiro atoms. The molecular formula is C35H35ClF3N7O2S. The third-order valence-corrected chi connectivity index (χ3v) is 12.3. The average Bonchev–Trinajstić information content (AvgIpc) is 3.62. The third-order valence-electron chi connectivity index (χ3n) is 11.0. The number of benzene rings is 2. The molecule has 2 N–H and O–H groups in total. The standard InChI is InChI=1S/C35H35ClF3N7O2S/c1-19(47)45-16-34(17-45)7-2-3-9-44(15-34)32-22-11-24(36)27(21-5-6-25(38)30-26(21)23(13-40)31(41)49-30)28(39)29(22)42-33(43-32)48-18-35-8-4-10-46(35)14-20(37)12-35/h5-6,11,20H,2-4,7-10,12,14-18,41H2,1H3/t20-,35+/m1/s1. The predicted octanol–water partition coefficient (Wildman–Crippen LogP) is 6.69. The Labute approximate surface area is 290 Å². The number of thiophene rings is 1. The lowest BCUT2D eigenvalue weighted by molar-refractivity contribution is -0.140. The largest absolute Gasteiger partial charge is 0.461 e. The molecule has 0 aliphatic carbocycles. The van der Waals surface area contributed by atoms with Crippen molar-refractivity contribution in [2.45, 2.75) is 57.2 Å². The second-order valence-corrected chi connectivity index (χ2v) is 15.6. The number of hydrogen-bond acceptors (Lipinski definition) is 9. The molecule has 0 saturated carbocycles. The zero-order valence-electron chi connectivity index (χ0n) is 27.0. The third kappa shape index (κ3) is 5.25. The molecule has 4 saturated heterocycles. The first kappa shape index (κ1) is 32.4. The van der Waals surface area contributed by atoms with Crippen LogP contribution in [0.25, 0.3) is 32.1 Å². The quantitative estimate of drug-likeness (QED) is 0.244. The zero-order valence-corrected chi connectivity index (χ0v) is 28.6. The number of halogens is 4. The highest BCUT2D eigenvalue weighted by Gasteiger charge is 2.50. The molecule has 0 bridgehead atoms. The minimum Gasteiger partial charge on any atom is -0.461 e. The van der Waals surface area contributed by atoms with E-state index in [1.165, 1.54) is 12.1 Å². The highest BCUT2D eigenvalue weighted by molar-refractivity contribution is 7.23. The van der Waals surface area contributed by atoms with E-state index in [-0.39, 0.29) is 66.3 Å². The van der Waals surface area contributed by atoms with E-state index in [1.807, 2.05) is 11.0 Å². The van der Waals surface area contributed by atoms with E-state index in [0.717, 1.165) is 50.0 Å². The Kier molecular flexibility index (Phi) is 7.85. The Hall–Kier alpha value is -3.86. The number of ether oxygens (including phenoxy) is 1. The number of nitrogen functional groups attached to an aromatic ring is 1. The highest BCUT2D eigenvalue weighted by atomic mass is 35.5. The van der Waals surface area contributed by atoms with E-state index in [2.05, 4.69) is 14.8 Å². The van der Waals surface area contributed by atoms with E-state index >= 15 is 4.39 Å². The topological polar surface area (TPSA) is 112 Å². The smallest absolute Gasteiger partial charge is 0.319 e. The van der Waals surface area contributed by atoms with E-state index < -0.39 is 23.3 Å². The van der Waals surface area contributed by atoms with Crippen LogP contribution in [0.15, 0.2) is 18.2 Å². The van der Waals surface area contributed by atoms with Crippen molar-refractivity contribution in [3.63, 3.8) is 0 Å². The number of carbonyl (C=O) groups excluding carboxylic acids is 1. The second kappa shape index (κ2) is 11.9. The van der Waals surface area contributed by atoms with Gasteiger partial charge in [-0.05, 0) is 49.9 Å². The summed E-state index contributed by atoms with van der Waals surface area (Å²) in [5.74, 6) is -0.839. The van der Waals surface area contributed by atoms with Gasteiger partial charge in [-0.25, -0.2) is 13.2 Å². The number of nitrogens with two attached hydrogens (primary N) is 1. The fourth-order valence-electron chi connectivity index (χ4n) is 8.66. The number of nitrogens with zero attached hydrogens (tertiary/aromatic N) is 6. The van der Waals surface area contributed by atoms with Gasteiger partial charge in [0.1, 0.15) is 41.0 Å². The van der Waals surface area contributed by atoms with Gasteiger partial charge < -0.3 is 20.3 Å². The van der Waals surface area contributed by atoms with E-state index in [1.54, 1.807) is 13.0 Å². The average molecular weight is 710 g/mol. The van der Waals surface area contributed by atoms with E-state index in [0.29, 0.717) is 50.3 Å². The summed E-state index contributed by atoms with van der Waals surface area (Å²) in [5.41, 5.74) is 5.69. The van der Waals surface area contributed by atoms with Crippen molar-refractivity contribution < 1.29 is 22.7 Å². The van der Waals surface area contributed by atoms with Crippen LogP contribution >= 0.6 is 22.9 Å². The molecule has 4 aliphatic heterocycles. The van der Waals surface area contributed by atoms with Gasteiger partial charge in [0.2, 0.25) is 5.91 Å². The van der Waals surface area contributed by atoms with Crippen LogP contribution in [0.5, 0.6) is 6.01 Å². The Balaban J connectivity index is 1.27. The molecule has 2 aromatic heterocycles. The fraction of sp³-hybridized carbons (Fsp3) is 0.486. The van der Waals surface area contributed by atoms with Gasteiger partial charge in [-0.1, -0.05) is 24.1 Å². The number of amides is 1. The lowest BCUT2D eigenvalue weighted by Crippen LogP contribution is -2.61. The molecule has 2 aromatic carbocycles. The molecule has 0 radical (unpaired) electrons. The molecule has 6 heterocycles. The molecular weight excluding hydrogens is 675 g/mol. The number of aromatic nitrogens is 2. The SMILES string of the molecule is CC(=O)N1CC2(CCCCN(c3nc(OC[C@@]45CCCN4C[C@H](F)C5)nc4c(F)c(-c5ccc(F)c6sc(N)c(C#N)c56)c(Cl)cc34)C2)C1. The molecule has 2 atom stereocenters. The second-order valence-electron chi connectivity index (χ2n) is 14.1. The Morgan fingerprint density at radius 3 is 2.78 bits per heavy atom. The Bertz CT molecular complexity index is 2060. The number of alkyl halides is 1. The van der Waals surface area contributed by atoms with Crippen molar-refractivity contribution in [3.05, 3.63) is 40.4 Å². The minimum absolute atomic E-state index is 0.0304. The molecule has 9 nitrogen and oxygen atoms in total. The summed E-state index contributed by atoms with van der Waals surface area (Å²) in [6.07, 6.45) is 3.94. The zero-order chi connectivity index (χ0) is 34.2. The van der Waals surface area contributed by atoms with Crippen molar-refractivity contribution in [1.29, 1.82) is 5.26 Å². The van der Waals surface area contributed by atoms with Crippen molar-refractivity contribution in [1.82, 2.24) is 19.8 Å². The predicted molar refractivity (Wildman–Crippen MR) is 184 cm³/mol. The van der Waals surface area contributed by atoms with Gasteiger partial charge in [0.05, 0.1) is 20.8 Å².